The van der Waals surface area contributed by atoms with Crippen molar-refractivity contribution >= 4 is 28.6 Å². The monoisotopic (exact) mass is 352 g/mol. The summed E-state index contributed by atoms with van der Waals surface area (Å²) in [6.07, 6.45) is 2.13. The highest BCUT2D eigenvalue weighted by Crippen LogP contribution is 2.29. The van der Waals surface area contributed by atoms with Crippen LogP contribution in [0.2, 0.25) is 5.28 Å². The lowest BCUT2D eigenvalue weighted by molar-refractivity contribution is 0.122. The maximum absolute atomic E-state index is 6.15. The highest BCUT2D eigenvalue weighted by molar-refractivity contribution is 6.28. The largest absolute Gasteiger partial charge is 0.461 e. The van der Waals surface area contributed by atoms with Gasteiger partial charge in [0.05, 0.1) is 13.2 Å². The molecular weight excluding hydrogens is 332 g/mol. The molecule has 8 nitrogen and oxygen atoms in total. The topological polar surface area (TPSA) is 77.3 Å². The van der Waals surface area contributed by atoms with E-state index in [-0.39, 0.29) is 11.4 Å². The van der Waals surface area contributed by atoms with Crippen LogP contribution in [0, 0.1) is 0 Å². The number of imidazole rings is 1. The van der Waals surface area contributed by atoms with E-state index in [1.165, 1.54) is 0 Å². The predicted molar refractivity (Wildman–Crippen MR) is 90.9 cm³/mol. The lowest BCUT2D eigenvalue weighted by atomic mass is 10.1. The Hall–Kier alpha value is -1.64. The summed E-state index contributed by atoms with van der Waals surface area (Å²) in [5.41, 5.74) is 1.42. The fraction of sp³-hybridized carbons (Fsp3) is 0.667. The summed E-state index contributed by atoms with van der Waals surface area (Å²) >= 11 is 6.15. The molecule has 0 spiro atoms. The molecule has 0 bridgehead atoms. The minimum absolute atomic E-state index is 0.178. The molecular formula is C15H21ClN6O2. The molecule has 0 atom stereocenters. The van der Waals surface area contributed by atoms with Crippen LogP contribution in [0.4, 0.5) is 5.82 Å². The van der Waals surface area contributed by atoms with E-state index in [1.54, 1.807) is 0 Å². The summed E-state index contributed by atoms with van der Waals surface area (Å²) in [7, 11) is 1.90. The second kappa shape index (κ2) is 6.70. The van der Waals surface area contributed by atoms with Gasteiger partial charge in [-0.1, -0.05) is 0 Å². The Morgan fingerprint density at radius 2 is 1.92 bits per heavy atom. The molecule has 1 N–H and O–H groups in total. The number of nitrogens with one attached hydrogen (secondary N) is 1. The first-order valence-corrected chi connectivity index (χ1v) is 8.70. The smallest absolute Gasteiger partial charge is 0.298 e. The molecule has 130 valence electrons. The molecule has 2 aromatic rings. The number of piperidine rings is 1. The highest BCUT2D eigenvalue weighted by atomic mass is 35.5. The number of rotatable bonds is 3. The zero-order chi connectivity index (χ0) is 16.5. The summed E-state index contributed by atoms with van der Waals surface area (Å²) in [4.78, 5) is 15.6. The van der Waals surface area contributed by atoms with Crippen molar-refractivity contribution in [2.45, 2.75) is 18.9 Å². The van der Waals surface area contributed by atoms with Gasteiger partial charge < -0.3 is 19.7 Å². The van der Waals surface area contributed by atoms with E-state index < -0.39 is 0 Å². The molecule has 9 heteroatoms. The van der Waals surface area contributed by atoms with Crippen LogP contribution in [0.1, 0.15) is 12.8 Å². The van der Waals surface area contributed by atoms with Gasteiger partial charge in [0.2, 0.25) is 5.28 Å². The minimum Gasteiger partial charge on any atom is -0.461 e. The van der Waals surface area contributed by atoms with Gasteiger partial charge >= 0.3 is 0 Å². The Balaban J connectivity index is 1.70. The number of aromatic nitrogens is 4. The first-order chi connectivity index (χ1) is 11.7. The van der Waals surface area contributed by atoms with E-state index in [2.05, 4.69) is 25.2 Å². The van der Waals surface area contributed by atoms with Gasteiger partial charge in [0.15, 0.2) is 17.0 Å². The third-order valence-corrected chi connectivity index (χ3v) is 4.67. The maximum Gasteiger partial charge on any atom is 0.298 e. The second-order valence-electron chi connectivity index (χ2n) is 6.11. The number of aryl methyl sites for hydroxylation is 1. The average molecular weight is 353 g/mol. The Kier molecular flexibility index (Phi) is 4.43. The van der Waals surface area contributed by atoms with Crippen molar-refractivity contribution in [3.8, 4) is 6.01 Å². The zero-order valence-electron chi connectivity index (χ0n) is 13.7. The van der Waals surface area contributed by atoms with Gasteiger partial charge in [0.1, 0.15) is 6.10 Å². The van der Waals surface area contributed by atoms with Gasteiger partial charge in [-0.2, -0.15) is 15.0 Å². The maximum atomic E-state index is 6.15. The van der Waals surface area contributed by atoms with Crippen LogP contribution in [0.15, 0.2) is 0 Å². The van der Waals surface area contributed by atoms with Crippen molar-refractivity contribution < 1.29 is 9.47 Å². The molecule has 0 aromatic carbocycles. The first kappa shape index (κ1) is 15.9. The van der Waals surface area contributed by atoms with Crippen LogP contribution in [0.25, 0.3) is 11.2 Å². The van der Waals surface area contributed by atoms with Crippen molar-refractivity contribution in [2.24, 2.45) is 7.05 Å². The Bertz CT molecular complexity index is 724. The third-order valence-electron chi connectivity index (χ3n) is 4.50. The van der Waals surface area contributed by atoms with Gasteiger partial charge in [-0.25, -0.2) is 0 Å². The lowest BCUT2D eigenvalue weighted by Gasteiger charge is -2.27. The van der Waals surface area contributed by atoms with Crippen LogP contribution in [0.3, 0.4) is 0 Å². The predicted octanol–water partition coefficient (Wildman–Crippen LogP) is 0.984. The van der Waals surface area contributed by atoms with Crippen LogP contribution in [-0.4, -0.2) is 65.0 Å². The zero-order valence-corrected chi connectivity index (χ0v) is 14.4. The number of halogens is 1. The Labute approximate surface area is 145 Å². The molecule has 2 saturated heterocycles. The molecule has 2 aliphatic heterocycles. The van der Waals surface area contributed by atoms with Crippen molar-refractivity contribution in [3.05, 3.63) is 5.28 Å². The molecule has 0 unspecified atom stereocenters. The number of ether oxygens (including phenoxy) is 2. The molecule has 0 amide bonds. The number of morpholine rings is 1. The molecule has 24 heavy (non-hydrogen) atoms. The molecule has 2 aromatic heterocycles. The van der Waals surface area contributed by atoms with Crippen LogP contribution in [-0.2, 0) is 11.8 Å². The summed E-state index contributed by atoms with van der Waals surface area (Å²) in [5, 5.41) is 3.56. The second-order valence-corrected chi connectivity index (χ2v) is 6.45. The van der Waals surface area contributed by atoms with E-state index >= 15 is 0 Å². The number of fused-ring (bicyclic) bond motifs is 1. The number of anilines is 1. The fourth-order valence-corrected chi connectivity index (χ4v) is 3.32. The van der Waals surface area contributed by atoms with E-state index in [4.69, 9.17) is 21.1 Å². The van der Waals surface area contributed by atoms with Crippen LogP contribution < -0.4 is 15.0 Å². The van der Waals surface area contributed by atoms with Gasteiger partial charge in [-0.3, -0.25) is 4.57 Å². The quantitative estimate of drug-likeness (QED) is 0.825. The Morgan fingerprint density at radius 1 is 1.17 bits per heavy atom. The molecule has 0 saturated carbocycles. The van der Waals surface area contributed by atoms with E-state index in [0.717, 1.165) is 50.4 Å². The van der Waals surface area contributed by atoms with Crippen molar-refractivity contribution in [2.75, 3.05) is 44.3 Å². The number of hydrogen-bond donors (Lipinski definition) is 1. The number of nitrogens with zero attached hydrogens (tertiary/aromatic N) is 5. The van der Waals surface area contributed by atoms with Crippen LogP contribution in [0.5, 0.6) is 6.01 Å². The summed E-state index contributed by atoms with van der Waals surface area (Å²) in [5.74, 6) is 0.754. The fourth-order valence-electron chi connectivity index (χ4n) is 3.16. The number of hydrogen-bond acceptors (Lipinski definition) is 7. The molecule has 2 fully saturated rings. The van der Waals surface area contributed by atoms with Gasteiger partial charge in [-0.15, -0.1) is 0 Å². The molecule has 0 radical (unpaired) electrons. The summed E-state index contributed by atoms with van der Waals surface area (Å²) in [6.45, 7) is 4.83. The molecule has 4 heterocycles. The summed E-state index contributed by atoms with van der Waals surface area (Å²) < 4.78 is 13.4. The van der Waals surface area contributed by atoms with Crippen molar-refractivity contribution in [1.82, 2.24) is 24.8 Å². The third kappa shape index (κ3) is 3.01. The van der Waals surface area contributed by atoms with Gasteiger partial charge in [-0.05, 0) is 37.5 Å². The lowest BCUT2D eigenvalue weighted by Crippen LogP contribution is -2.37. The molecule has 4 rings (SSSR count). The first-order valence-electron chi connectivity index (χ1n) is 8.32. The highest BCUT2D eigenvalue weighted by Gasteiger charge is 2.24. The summed E-state index contributed by atoms with van der Waals surface area (Å²) in [6, 6.07) is 0.572. The van der Waals surface area contributed by atoms with E-state index in [1.807, 2.05) is 11.6 Å². The normalized spacial score (nSPS) is 19.8. The molecule has 2 aliphatic rings. The van der Waals surface area contributed by atoms with Crippen molar-refractivity contribution in [3.63, 3.8) is 0 Å². The van der Waals surface area contributed by atoms with Gasteiger partial charge in [0, 0.05) is 20.1 Å². The Morgan fingerprint density at radius 3 is 2.67 bits per heavy atom. The molecule has 0 aliphatic carbocycles. The van der Waals surface area contributed by atoms with Crippen molar-refractivity contribution in [1.29, 1.82) is 0 Å². The SMILES string of the molecule is Cn1c(OC2CCNCC2)nc2c(N3CCOCC3)nc(Cl)nc21. The average Bonchev–Trinajstić information content (AvgIpc) is 2.92. The standard InChI is InChI=1S/C15H21ClN6O2/c1-21-12-11(18-15(21)24-10-2-4-17-5-3-10)13(20-14(16)19-12)22-6-8-23-9-7-22/h10,17H,2-9H2,1H3. The van der Waals surface area contributed by atoms with E-state index in [0.29, 0.717) is 24.9 Å². The minimum atomic E-state index is 0.178. The van der Waals surface area contributed by atoms with Gasteiger partial charge in [0.25, 0.3) is 6.01 Å². The van der Waals surface area contributed by atoms with Crippen LogP contribution >= 0.6 is 11.6 Å². The van der Waals surface area contributed by atoms with E-state index in [9.17, 15) is 0 Å².